The molecule has 0 aromatic heterocycles. The Morgan fingerprint density at radius 1 is 1.12 bits per heavy atom. The number of nitrogens with one attached hydrogen (secondary N) is 2. The zero-order chi connectivity index (χ0) is 25.0. The molecule has 0 bridgehead atoms. The van der Waals surface area contributed by atoms with Gasteiger partial charge < -0.3 is 15.3 Å². The van der Waals surface area contributed by atoms with Crippen LogP contribution in [0.25, 0.3) is 0 Å². The van der Waals surface area contributed by atoms with E-state index >= 15 is 0 Å². The van der Waals surface area contributed by atoms with E-state index < -0.39 is 42.7 Å². The highest BCUT2D eigenvalue weighted by molar-refractivity contribution is 7.92. The molecule has 0 spiro atoms. The Kier molecular flexibility index (Phi) is 7.64. The summed E-state index contributed by atoms with van der Waals surface area (Å²) in [5.74, 6) is -1.35. The highest BCUT2D eigenvalue weighted by atomic mass is 32.2. The number of sulfonamides is 1. The molecule has 12 heteroatoms. The van der Waals surface area contributed by atoms with E-state index in [0.29, 0.717) is 6.54 Å². The highest BCUT2D eigenvalue weighted by Crippen LogP contribution is 2.29. The van der Waals surface area contributed by atoms with Gasteiger partial charge in [0.05, 0.1) is 16.4 Å². The van der Waals surface area contributed by atoms with E-state index in [2.05, 4.69) is 10.0 Å². The van der Waals surface area contributed by atoms with Crippen LogP contribution < -0.4 is 10.0 Å². The Morgan fingerprint density at radius 2 is 1.73 bits per heavy atom. The van der Waals surface area contributed by atoms with E-state index in [1.54, 1.807) is 6.92 Å². The molecule has 0 heterocycles. The molecule has 0 atom stereocenters. The van der Waals surface area contributed by atoms with Gasteiger partial charge in [0, 0.05) is 29.4 Å². The van der Waals surface area contributed by atoms with Gasteiger partial charge in [-0.1, -0.05) is 0 Å². The van der Waals surface area contributed by atoms with Gasteiger partial charge in [-0.3, -0.25) is 24.4 Å². The molecular weight excluding hydrogens is 452 g/mol. The van der Waals surface area contributed by atoms with E-state index in [1.807, 2.05) is 20.8 Å². The Hall–Kier alpha value is -3.67. The molecule has 33 heavy (non-hydrogen) atoms. The number of phenols is 1. The van der Waals surface area contributed by atoms with E-state index in [1.165, 1.54) is 29.2 Å². The number of phenolic OH excluding ortho intramolecular Hbond substituents is 1. The Bertz CT molecular complexity index is 1160. The van der Waals surface area contributed by atoms with Crippen LogP contribution in [-0.4, -0.2) is 53.8 Å². The molecule has 0 saturated heterocycles. The number of anilines is 1. The number of hydrogen-bond donors (Lipinski definition) is 3. The van der Waals surface area contributed by atoms with Crippen molar-refractivity contribution >= 4 is 33.2 Å². The first-order valence-corrected chi connectivity index (χ1v) is 11.4. The molecule has 0 radical (unpaired) electrons. The summed E-state index contributed by atoms with van der Waals surface area (Å²) in [4.78, 5) is 35.9. The van der Waals surface area contributed by atoms with E-state index in [0.717, 1.165) is 18.2 Å². The van der Waals surface area contributed by atoms with E-state index in [9.17, 15) is 33.2 Å². The van der Waals surface area contributed by atoms with Crippen molar-refractivity contribution in [1.29, 1.82) is 0 Å². The van der Waals surface area contributed by atoms with Crippen LogP contribution in [-0.2, 0) is 14.8 Å². The second-order valence-corrected chi connectivity index (χ2v) is 9.89. The summed E-state index contributed by atoms with van der Waals surface area (Å²) in [5, 5.41) is 23.2. The molecule has 2 rings (SSSR count). The summed E-state index contributed by atoms with van der Waals surface area (Å²) >= 11 is 0. The maximum absolute atomic E-state index is 12.7. The number of benzene rings is 2. The SMILES string of the molecule is CCN(CC(=O)NC(C)(C)C)C(=O)c1ccc(NS(=O)(=O)c2ccc(O)c([N+](=O)[O-])c2)cc1. The molecular formula is C21H26N4O7S. The molecule has 0 aliphatic heterocycles. The molecule has 2 amide bonds. The van der Waals surface area contributed by atoms with Crippen molar-refractivity contribution in [1.82, 2.24) is 10.2 Å². The number of nitro groups is 1. The van der Waals surface area contributed by atoms with Gasteiger partial charge in [0.2, 0.25) is 5.91 Å². The Balaban J connectivity index is 2.16. The average Bonchev–Trinajstić information content (AvgIpc) is 2.70. The fourth-order valence-electron chi connectivity index (χ4n) is 2.85. The average molecular weight is 479 g/mol. The lowest BCUT2D eigenvalue weighted by Crippen LogP contribution is -2.47. The Morgan fingerprint density at radius 3 is 2.24 bits per heavy atom. The normalized spacial score (nSPS) is 11.5. The molecule has 3 N–H and O–H groups in total. The Labute approximate surface area is 191 Å². The van der Waals surface area contributed by atoms with Crippen LogP contribution in [0, 0.1) is 10.1 Å². The largest absolute Gasteiger partial charge is 0.502 e. The van der Waals surface area contributed by atoms with Crippen LogP contribution in [0.4, 0.5) is 11.4 Å². The van der Waals surface area contributed by atoms with Gasteiger partial charge >= 0.3 is 5.69 Å². The second kappa shape index (κ2) is 9.86. The third-order valence-corrected chi connectivity index (χ3v) is 5.73. The van der Waals surface area contributed by atoms with Gasteiger partial charge in [-0.25, -0.2) is 8.42 Å². The quantitative estimate of drug-likeness (QED) is 0.388. The zero-order valence-corrected chi connectivity index (χ0v) is 19.5. The van der Waals surface area contributed by atoms with Gasteiger partial charge in [-0.05, 0) is 64.1 Å². The lowest BCUT2D eigenvalue weighted by molar-refractivity contribution is -0.386. The maximum atomic E-state index is 12.7. The summed E-state index contributed by atoms with van der Waals surface area (Å²) < 4.78 is 27.4. The van der Waals surface area contributed by atoms with E-state index in [-0.39, 0.29) is 23.7 Å². The molecule has 0 saturated carbocycles. The number of carbonyl (C=O) groups is 2. The van der Waals surface area contributed by atoms with Crippen molar-refractivity contribution < 1.29 is 28.0 Å². The van der Waals surface area contributed by atoms with Crippen LogP contribution in [0.5, 0.6) is 5.75 Å². The molecule has 11 nitrogen and oxygen atoms in total. The van der Waals surface area contributed by atoms with Gasteiger partial charge in [0.25, 0.3) is 15.9 Å². The second-order valence-electron chi connectivity index (χ2n) is 8.21. The minimum atomic E-state index is -4.19. The highest BCUT2D eigenvalue weighted by Gasteiger charge is 2.23. The van der Waals surface area contributed by atoms with Crippen molar-refractivity contribution in [2.75, 3.05) is 17.8 Å². The van der Waals surface area contributed by atoms with Crippen molar-refractivity contribution in [3.8, 4) is 5.75 Å². The van der Waals surface area contributed by atoms with Gasteiger partial charge in [0.15, 0.2) is 5.75 Å². The van der Waals surface area contributed by atoms with Gasteiger partial charge in [-0.2, -0.15) is 0 Å². The van der Waals surface area contributed by atoms with Crippen molar-refractivity contribution in [2.45, 2.75) is 38.1 Å². The van der Waals surface area contributed by atoms with Crippen LogP contribution in [0.3, 0.4) is 0 Å². The first kappa shape index (κ1) is 25.6. The topological polar surface area (TPSA) is 159 Å². The predicted octanol–water partition coefficient (Wildman–Crippen LogP) is 2.48. The molecule has 0 unspecified atom stereocenters. The van der Waals surface area contributed by atoms with Crippen molar-refractivity contribution in [3.63, 3.8) is 0 Å². The van der Waals surface area contributed by atoms with Gasteiger partial charge in [-0.15, -0.1) is 0 Å². The number of hydrogen-bond acceptors (Lipinski definition) is 7. The molecule has 2 aromatic carbocycles. The maximum Gasteiger partial charge on any atom is 0.312 e. The molecule has 178 valence electrons. The fourth-order valence-corrected chi connectivity index (χ4v) is 3.93. The van der Waals surface area contributed by atoms with Crippen LogP contribution in [0.1, 0.15) is 38.1 Å². The molecule has 0 fully saturated rings. The number of aromatic hydroxyl groups is 1. The van der Waals surface area contributed by atoms with Crippen molar-refractivity contribution in [3.05, 3.63) is 58.1 Å². The number of nitrogens with zero attached hydrogens (tertiary/aromatic N) is 2. The predicted molar refractivity (Wildman–Crippen MR) is 121 cm³/mol. The number of rotatable bonds is 8. The minimum absolute atomic E-state index is 0.121. The lowest BCUT2D eigenvalue weighted by Gasteiger charge is -2.25. The lowest BCUT2D eigenvalue weighted by atomic mass is 10.1. The summed E-state index contributed by atoms with van der Waals surface area (Å²) in [5.41, 5.74) is -0.801. The van der Waals surface area contributed by atoms with Crippen LogP contribution in [0.2, 0.25) is 0 Å². The fraction of sp³-hybridized carbons (Fsp3) is 0.333. The number of carbonyl (C=O) groups excluding carboxylic acids is 2. The standard InChI is InChI=1S/C21H26N4O7S/c1-5-24(13-19(27)22-21(2,3)4)20(28)14-6-8-15(9-7-14)23-33(31,32)16-10-11-18(26)17(12-16)25(29)30/h6-12,23,26H,5,13H2,1-4H3,(H,22,27). The smallest absolute Gasteiger partial charge is 0.312 e. The summed E-state index contributed by atoms with van der Waals surface area (Å²) in [6, 6.07) is 8.24. The number of nitro benzene ring substituents is 1. The van der Waals surface area contributed by atoms with Crippen LogP contribution in [0.15, 0.2) is 47.4 Å². The first-order valence-electron chi connectivity index (χ1n) is 9.94. The third kappa shape index (κ3) is 6.91. The van der Waals surface area contributed by atoms with Gasteiger partial charge in [0.1, 0.15) is 0 Å². The molecule has 2 aromatic rings. The van der Waals surface area contributed by atoms with Crippen LogP contribution >= 0.6 is 0 Å². The zero-order valence-electron chi connectivity index (χ0n) is 18.7. The molecule has 0 aliphatic rings. The first-order chi connectivity index (χ1) is 15.2. The number of likely N-dealkylation sites (N-methyl/N-ethyl adjacent to an activating group) is 1. The number of amides is 2. The van der Waals surface area contributed by atoms with Crippen molar-refractivity contribution in [2.24, 2.45) is 0 Å². The van der Waals surface area contributed by atoms with E-state index in [4.69, 9.17) is 0 Å². The minimum Gasteiger partial charge on any atom is -0.502 e. The third-order valence-electron chi connectivity index (χ3n) is 4.36. The summed E-state index contributed by atoms with van der Waals surface area (Å²) in [6.07, 6.45) is 0. The monoisotopic (exact) mass is 478 g/mol. The molecule has 0 aliphatic carbocycles. The summed E-state index contributed by atoms with van der Waals surface area (Å²) in [6.45, 7) is 7.41. The summed E-state index contributed by atoms with van der Waals surface area (Å²) in [7, 11) is -4.19.